The molecule has 0 aliphatic rings. The molecule has 0 saturated heterocycles. The summed E-state index contributed by atoms with van der Waals surface area (Å²) in [7, 11) is 0. The van der Waals surface area contributed by atoms with Crippen LogP contribution < -0.4 is 27.4 Å². The highest BCUT2D eigenvalue weighted by Crippen LogP contribution is 2.02. The molecule has 3 unspecified atom stereocenters. The Morgan fingerprint density at radius 1 is 1.10 bits per heavy atom. The molecule has 0 fully saturated rings. The number of H-pyrrole nitrogens is 1. The molecule has 1 heterocycles. The molecule has 0 bridgehead atoms. The summed E-state index contributed by atoms with van der Waals surface area (Å²) in [5.41, 5.74) is 11.7. The zero-order valence-electron chi connectivity index (χ0n) is 16.5. The molecule has 0 radical (unpaired) electrons. The fourth-order valence-electron chi connectivity index (χ4n) is 2.50. The Labute approximate surface area is 173 Å². The number of aliphatic hydroxyl groups excluding tert-OH is 1. The van der Waals surface area contributed by atoms with Gasteiger partial charge in [-0.05, 0) is 19.4 Å². The molecule has 1 rings (SSSR count). The Hall–Kier alpha value is -3.03. The fraction of sp³-hybridized carbons (Fsp3) is 0.588. The maximum absolute atomic E-state index is 12.5. The van der Waals surface area contributed by atoms with Crippen LogP contribution in [0.15, 0.2) is 12.5 Å². The average molecular weight is 427 g/mol. The van der Waals surface area contributed by atoms with Crippen LogP contribution in [0.3, 0.4) is 0 Å². The highest BCUT2D eigenvalue weighted by molar-refractivity contribution is 5.93. The largest absolute Gasteiger partial charge is 0.480 e. The van der Waals surface area contributed by atoms with Crippen molar-refractivity contribution >= 4 is 23.7 Å². The van der Waals surface area contributed by atoms with Gasteiger partial charge in [-0.25, -0.2) is 4.98 Å². The van der Waals surface area contributed by atoms with Crippen molar-refractivity contribution in [3.8, 4) is 0 Å². The molecule has 0 aliphatic heterocycles. The number of nitrogens with two attached hydrogens (primary N) is 2. The summed E-state index contributed by atoms with van der Waals surface area (Å²) in [4.78, 5) is 54.2. The first-order chi connectivity index (χ1) is 14.3. The molecule has 1 aromatic rings. The summed E-state index contributed by atoms with van der Waals surface area (Å²) in [6.45, 7) is -0.885. The number of carboxylic acid groups (broad SMARTS) is 1. The van der Waals surface area contributed by atoms with Crippen LogP contribution in [0, 0.1) is 0 Å². The number of carbonyl (C=O) groups excluding carboxylic acids is 3. The van der Waals surface area contributed by atoms with Gasteiger partial charge in [-0.15, -0.1) is 0 Å². The molecular formula is C17H29N7O6. The van der Waals surface area contributed by atoms with E-state index in [1.807, 2.05) is 0 Å². The number of aromatic nitrogens is 2. The van der Waals surface area contributed by atoms with E-state index in [9.17, 15) is 24.3 Å². The number of aromatic amines is 1. The first kappa shape index (κ1) is 25.0. The van der Waals surface area contributed by atoms with Gasteiger partial charge in [-0.1, -0.05) is 6.42 Å². The molecule has 13 heteroatoms. The number of hydrogen-bond acceptors (Lipinski definition) is 8. The Morgan fingerprint density at radius 2 is 1.80 bits per heavy atom. The van der Waals surface area contributed by atoms with Crippen LogP contribution in [-0.2, 0) is 25.6 Å². The lowest BCUT2D eigenvalue weighted by molar-refractivity contribution is -0.138. The predicted molar refractivity (Wildman–Crippen MR) is 105 cm³/mol. The number of hydrogen-bond donors (Lipinski definition) is 8. The van der Waals surface area contributed by atoms with E-state index in [1.54, 1.807) is 0 Å². The van der Waals surface area contributed by atoms with Crippen LogP contribution in [0.4, 0.5) is 0 Å². The van der Waals surface area contributed by atoms with E-state index in [2.05, 4.69) is 25.9 Å². The number of rotatable bonds is 14. The molecule has 0 aromatic carbocycles. The van der Waals surface area contributed by atoms with Crippen molar-refractivity contribution in [2.24, 2.45) is 11.5 Å². The second-order valence-corrected chi connectivity index (χ2v) is 6.59. The third-order valence-corrected chi connectivity index (χ3v) is 4.15. The van der Waals surface area contributed by atoms with Crippen molar-refractivity contribution < 1.29 is 29.4 Å². The standard InChI is InChI=1S/C17H29N7O6/c18-4-2-1-3-11(19)15(28)24-13(8-25)17(30)23-12(5-10-6-20-9-22-10)16(29)21-7-14(26)27/h6,9,11-13,25H,1-5,7-8,18-19H2,(H,20,22)(H,21,29)(H,23,30)(H,24,28)(H,26,27). The molecular weight excluding hydrogens is 398 g/mol. The Balaban J connectivity index is 2.74. The summed E-state index contributed by atoms with van der Waals surface area (Å²) < 4.78 is 0. The van der Waals surface area contributed by atoms with Crippen molar-refractivity contribution in [3.05, 3.63) is 18.2 Å². The van der Waals surface area contributed by atoms with Gasteiger partial charge >= 0.3 is 5.97 Å². The summed E-state index contributed by atoms with van der Waals surface area (Å²) in [5.74, 6) is -3.45. The maximum Gasteiger partial charge on any atom is 0.322 e. The minimum atomic E-state index is -1.34. The molecule has 3 atom stereocenters. The topological polar surface area (TPSA) is 226 Å². The van der Waals surface area contributed by atoms with Crippen LogP contribution in [0.2, 0.25) is 0 Å². The zero-order valence-corrected chi connectivity index (χ0v) is 16.5. The second-order valence-electron chi connectivity index (χ2n) is 6.59. The number of aliphatic carboxylic acids is 1. The van der Waals surface area contributed by atoms with Crippen molar-refractivity contribution in [1.82, 2.24) is 25.9 Å². The second kappa shape index (κ2) is 13.2. The minimum absolute atomic E-state index is 0.0120. The molecule has 30 heavy (non-hydrogen) atoms. The lowest BCUT2D eigenvalue weighted by Crippen LogP contribution is -2.57. The van der Waals surface area contributed by atoms with E-state index >= 15 is 0 Å². The van der Waals surface area contributed by atoms with Gasteiger partial charge in [0.25, 0.3) is 0 Å². The van der Waals surface area contributed by atoms with Gasteiger partial charge in [0, 0.05) is 18.3 Å². The number of carboxylic acids is 1. The van der Waals surface area contributed by atoms with Crippen molar-refractivity contribution in [2.75, 3.05) is 19.7 Å². The van der Waals surface area contributed by atoms with E-state index in [-0.39, 0.29) is 6.42 Å². The number of unbranched alkanes of at least 4 members (excludes halogenated alkanes) is 1. The molecule has 0 saturated carbocycles. The highest BCUT2D eigenvalue weighted by atomic mass is 16.4. The molecule has 3 amide bonds. The summed E-state index contributed by atoms with van der Waals surface area (Å²) in [6.07, 6.45) is 4.51. The SMILES string of the molecule is NCCCCC(N)C(=O)NC(CO)C(=O)NC(Cc1cnc[nH]1)C(=O)NCC(=O)O. The van der Waals surface area contributed by atoms with Crippen LogP contribution in [0.5, 0.6) is 0 Å². The Bertz CT molecular complexity index is 697. The van der Waals surface area contributed by atoms with E-state index in [1.165, 1.54) is 12.5 Å². The van der Waals surface area contributed by atoms with E-state index in [0.717, 1.165) is 0 Å². The van der Waals surface area contributed by atoms with E-state index in [4.69, 9.17) is 16.6 Å². The van der Waals surface area contributed by atoms with Gasteiger partial charge in [0.2, 0.25) is 17.7 Å². The molecule has 168 valence electrons. The fourth-order valence-corrected chi connectivity index (χ4v) is 2.50. The first-order valence-corrected chi connectivity index (χ1v) is 9.42. The highest BCUT2D eigenvalue weighted by Gasteiger charge is 2.28. The minimum Gasteiger partial charge on any atom is -0.480 e. The third kappa shape index (κ3) is 8.98. The quantitative estimate of drug-likeness (QED) is 0.138. The molecule has 1 aromatic heterocycles. The van der Waals surface area contributed by atoms with Gasteiger partial charge in [-0.3, -0.25) is 19.2 Å². The smallest absolute Gasteiger partial charge is 0.322 e. The number of nitrogens with zero attached hydrogens (tertiary/aromatic N) is 1. The maximum atomic E-state index is 12.5. The lowest BCUT2D eigenvalue weighted by Gasteiger charge is -2.22. The number of amides is 3. The molecule has 13 nitrogen and oxygen atoms in total. The van der Waals surface area contributed by atoms with Gasteiger partial charge in [0.1, 0.15) is 18.6 Å². The van der Waals surface area contributed by atoms with Crippen LogP contribution in [0.1, 0.15) is 25.0 Å². The van der Waals surface area contributed by atoms with Crippen LogP contribution in [-0.4, -0.2) is 81.7 Å². The summed E-state index contributed by atoms with van der Waals surface area (Å²) >= 11 is 0. The predicted octanol–water partition coefficient (Wildman–Crippen LogP) is -3.43. The Morgan fingerprint density at radius 3 is 2.37 bits per heavy atom. The first-order valence-electron chi connectivity index (χ1n) is 9.42. The molecule has 0 aliphatic carbocycles. The van der Waals surface area contributed by atoms with E-state index in [0.29, 0.717) is 31.5 Å². The summed E-state index contributed by atoms with van der Waals surface area (Å²) in [5, 5.41) is 25.1. The third-order valence-electron chi connectivity index (χ3n) is 4.15. The van der Waals surface area contributed by atoms with Gasteiger partial charge < -0.3 is 42.6 Å². The molecule has 0 spiro atoms. The van der Waals surface area contributed by atoms with Crippen LogP contribution >= 0.6 is 0 Å². The number of nitrogens with one attached hydrogen (secondary N) is 4. The zero-order chi connectivity index (χ0) is 22.5. The van der Waals surface area contributed by atoms with Gasteiger partial charge in [0.15, 0.2) is 0 Å². The van der Waals surface area contributed by atoms with Crippen molar-refractivity contribution in [2.45, 2.75) is 43.8 Å². The van der Waals surface area contributed by atoms with Crippen molar-refractivity contribution in [3.63, 3.8) is 0 Å². The average Bonchev–Trinajstić information content (AvgIpc) is 3.22. The van der Waals surface area contributed by atoms with Crippen molar-refractivity contribution in [1.29, 1.82) is 0 Å². The lowest BCUT2D eigenvalue weighted by atomic mass is 10.1. The number of imidazole rings is 1. The number of aliphatic hydroxyl groups is 1. The summed E-state index contributed by atoms with van der Waals surface area (Å²) in [6, 6.07) is -3.38. The monoisotopic (exact) mass is 427 g/mol. The normalized spacial score (nSPS) is 13.7. The number of carbonyl (C=O) groups is 4. The Kier molecular flexibility index (Phi) is 11.0. The van der Waals surface area contributed by atoms with E-state index < -0.39 is 55.0 Å². The molecule has 10 N–H and O–H groups in total. The van der Waals surface area contributed by atoms with Gasteiger partial charge in [0.05, 0.1) is 19.0 Å². The van der Waals surface area contributed by atoms with Crippen LogP contribution in [0.25, 0.3) is 0 Å². The van der Waals surface area contributed by atoms with Gasteiger partial charge in [-0.2, -0.15) is 0 Å².